The molecule has 8 heteroatoms. The highest BCUT2D eigenvalue weighted by Crippen LogP contribution is 2.25. The molecule has 160 valence electrons. The second kappa shape index (κ2) is 8.44. The molecular formula is C21H31N3O4S. The zero-order valence-electron chi connectivity index (χ0n) is 17.6. The summed E-state index contributed by atoms with van der Waals surface area (Å²) in [4.78, 5) is 26.7. The van der Waals surface area contributed by atoms with E-state index < -0.39 is 10.0 Å². The Morgan fingerprint density at radius 2 is 1.83 bits per heavy atom. The summed E-state index contributed by atoms with van der Waals surface area (Å²) in [6.45, 7) is 8.87. The van der Waals surface area contributed by atoms with E-state index in [4.69, 9.17) is 0 Å². The Labute approximate surface area is 173 Å². The van der Waals surface area contributed by atoms with Gasteiger partial charge in [0.05, 0.1) is 10.8 Å². The van der Waals surface area contributed by atoms with Crippen LogP contribution >= 0.6 is 0 Å². The van der Waals surface area contributed by atoms with E-state index in [1.165, 1.54) is 4.31 Å². The fourth-order valence-electron chi connectivity index (χ4n) is 4.19. The van der Waals surface area contributed by atoms with Gasteiger partial charge in [0.25, 0.3) is 0 Å². The van der Waals surface area contributed by atoms with Crippen LogP contribution in [0.5, 0.6) is 0 Å². The third kappa shape index (κ3) is 4.64. The first kappa shape index (κ1) is 21.8. The van der Waals surface area contributed by atoms with Crippen molar-refractivity contribution >= 4 is 21.8 Å². The van der Waals surface area contributed by atoms with Gasteiger partial charge in [-0.3, -0.25) is 9.59 Å². The van der Waals surface area contributed by atoms with E-state index in [0.29, 0.717) is 37.4 Å². The molecule has 1 unspecified atom stereocenters. The Morgan fingerprint density at radius 3 is 2.38 bits per heavy atom. The highest BCUT2D eigenvalue weighted by Gasteiger charge is 2.37. The van der Waals surface area contributed by atoms with Crippen LogP contribution in [-0.2, 0) is 19.6 Å². The van der Waals surface area contributed by atoms with E-state index in [2.05, 4.69) is 5.32 Å². The minimum atomic E-state index is -3.53. The quantitative estimate of drug-likeness (QED) is 0.786. The molecule has 2 amide bonds. The van der Waals surface area contributed by atoms with Gasteiger partial charge in [-0.05, 0) is 52.2 Å². The average Bonchev–Trinajstić information content (AvgIpc) is 3.04. The number of aryl methyl sites for hydroxylation is 2. The molecule has 1 N–H and O–H groups in total. The lowest BCUT2D eigenvalue weighted by Gasteiger charge is -2.32. The normalized spacial score (nSPS) is 21.8. The van der Waals surface area contributed by atoms with E-state index in [0.717, 1.165) is 11.1 Å². The molecule has 2 aliphatic rings. The molecule has 0 aromatic heterocycles. The Bertz CT molecular complexity index is 889. The monoisotopic (exact) mass is 421 g/mol. The number of benzene rings is 1. The summed E-state index contributed by atoms with van der Waals surface area (Å²) in [5.41, 5.74) is 1.78. The van der Waals surface area contributed by atoms with Crippen molar-refractivity contribution in [1.82, 2.24) is 14.5 Å². The summed E-state index contributed by atoms with van der Waals surface area (Å²) in [5.74, 6) is -0.395. The highest BCUT2D eigenvalue weighted by molar-refractivity contribution is 7.89. The number of likely N-dealkylation sites (tertiary alicyclic amines) is 1. The van der Waals surface area contributed by atoms with Crippen molar-refractivity contribution in [3.05, 3.63) is 29.3 Å². The minimum Gasteiger partial charge on any atom is -0.353 e. The van der Waals surface area contributed by atoms with Crippen LogP contribution in [-0.4, -0.2) is 61.2 Å². The third-order valence-electron chi connectivity index (χ3n) is 5.90. The SMILES string of the molecule is Cc1ccc(S(=O)(=O)N2CCC(NC(=O)C3CC(=O)N(C(C)C)C3)CC2)c(C)c1. The van der Waals surface area contributed by atoms with Gasteiger partial charge in [0, 0.05) is 38.1 Å². The standard InChI is InChI=1S/C21H31N3O4S/c1-14(2)24-13-17(12-20(24)25)21(26)22-18-7-9-23(10-8-18)29(27,28)19-6-5-15(3)11-16(19)4/h5-6,11,14,17-18H,7-10,12-13H2,1-4H3,(H,22,26). The number of amides is 2. The predicted molar refractivity (Wildman–Crippen MR) is 111 cm³/mol. The molecular weight excluding hydrogens is 390 g/mol. The minimum absolute atomic E-state index is 0.0227. The summed E-state index contributed by atoms with van der Waals surface area (Å²) in [6.07, 6.45) is 1.40. The van der Waals surface area contributed by atoms with Crippen molar-refractivity contribution in [3.63, 3.8) is 0 Å². The molecule has 2 aliphatic heterocycles. The second-order valence-corrected chi connectivity index (χ2v) is 10.4. The molecule has 29 heavy (non-hydrogen) atoms. The molecule has 1 aromatic carbocycles. The van der Waals surface area contributed by atoms with Crippen LogP contribution in [0.3, 0.4) is 0 Å². The Morgan fingerprint density at radius 1 is 1.17 bits per heavy atom. The smallest absolute Gasteiger partial charge is 0.243 e. The molecule has 3 rings (SSSR count). The van der Waals surface area contributed by atoms with Gasteiger partial charge in [0.15, 0.2) is 0 Å². The van der Waals surface area contributed by atoms with E-state index in [9.17, 15) is 18.0 Å². The first-order valence-corrected chi connectivity index (χ1v) is 11.7. The van der Waals surface area contributed by atoms with Gasteiger partial charge >= 0.3 is 0 Å². The molecule has 7 nitrogen and oxygen atoms in total. The number of sulfonamides is 1. The molecule has 2 saturated heterocycles. The Balaban J connectivity index is 1.57. The zero-order valence-corrected chi connectivity index (χ0v) is 18.5. The summed E-state index contributed by atoms with van der Waals surface area (Å²) >= 11 is 0. The molecule has 2 heterocycles. The van der Waals surface area contributed by atoms with Crippen molar-refractivity contribution in [1.29, 1.82) is 0 Å². The molecule has 0 radical (unpaired) electrons. The van der Waals surface area contributed by atoms with Crippen molar-refractivity contribution in [2.75, 3.05) is 19.6 Å². The Kier molecular flexibility index (Phi) is 6.33. The molecule has 1 aromatic rings. The number of nitrogens with zero attached hydrogens (tertiary/aromatic N) is 2. The van der Waals surface area contributed by atoms with Crippen LogP contribution in [0, 0.1) is 19.8 Å². The van der Waals surface area contributed by atoms with Gasteiger partial charge in [-0.15, -0.1) is 0 Å². The summed E-state index contributed by atoms with van der Waals surface area (Å²) in [5, 5.41) is 3.03. The average molecular weight is 422 g/mol. The second-order valence-electron chi connectivity index (χ2n) is 8.50. The van der Waals surface area contributed by atoms with Gasteiger partial charge < -0.3 is 10.2 Å². The van der Waals surface area contributed by atoms with E-state index in [-0.39, 0.29) is 36.2 Å². The maximum absolute atomic E-state index is 13.0. The lowest BCUT2D eigenvalue weighted by Crippen LogP contribution is -2.48. The zero-order chi connectivity index (χ0) is 21.3. The van der Waals surface area contributed by atoms with Gasteiger partial charge in [-0.1, -0.05) is 17.7 Å². The molecule has 0 saturated carbocycles. The topological polar surface area (TPSA) is 86.8 Å². The number of carbonyl (C=O) groups is 2. The van der Waals surface area contributed by atoms with Crippen LogP contribution in [0.4, 0.5) is 0 Å². The molecule has 0 spiro atoms. The first-order valence-electron chi connectivity index (χ1n) is 10.3. The lowest BCUT2D eigenvalue weighted by atomic mass is 10.0. The van der Waals surface area contributed by atoms with Crippen LogP contribution < -0.4 is 5.32 Å². The van der Waals surface area contributed by atoms with Crippen LogP contribution in [0.1, 0.15) is 44.2 Å². The van der Waals surface area contributed by atoms with Crippen LogP contribution in [0.15, 0.2) is 23.1 Å². The van der Waals surface area contributed by atoms with Gasteiger partial charge in [0.1, 0.15) is 0 Å². The fourth-order valence-corrected chi connectivity index (χ4v) is 5.87. The number of carbonyl (C=O) groups excluding carboxylic acids is 2. The maximum Gasteiger partial charge on any atom is 0.243 e. The largest absolute Gasteiger partial charge is 0.353 e. The van der Waals surface area contributed by atoms with Gasteiger partial charge in [0.2, 0.25) is 21.8 Å². The summed E-state index contributed by atoms with van der Waals surface area (Å²) in [7, 11) is -3.53. The number of nitrogens with one attached hydrogen (secondary N) is 1. The predicted octanol–water partition coefficient (Wildman–Crippen LogP) is 1.83. The molecule has 0 bridgehead atoms. The molecule has 2 fully saturated rings. The molecule has 0 aliphatic carbocycles. The maximum atomic E-state index is 13.0. The highest BCUT2D eigenvalue weighted by atomic mass is 32.2. The van der Waals surface area contributed by atoms with Crippen molar-refractivity contribution in [3.8, 4) is 0 Å². The number of hydrogen-bond acceptors (Lipinski definition) is 4. The Hall–Kier alpha value is -1.93. The first-order chi connectivity index (χ1) is 13.6. The van der Waals surface area contributed by atoms with Crippen molar-refractivity contribution in [2.45, 2.75) is 63.9 Å². The van der Waals surface area contributed by atoms with Crippen molar-refractivity contribution < 1.29 is 18.0 Å². The van der Waals surface area contributed by atoms with Crippen molar-refractivity contribution in [2.24, 2.45) is 5.92 Å². The van der Waals surface area contributed by atoms with E-state index in [1.54, 1.807) is 11.0 Å². The molecule has 1 atom stereocenters. The number of piperidine rings is 1. The van der Waals surface area contributed by atoms with Gasteiger partial charge in [-0.2, -0.15) is 4.31 Å². The fraction of sp³-hybridized carbons (Fsp3) is 0.619. The summed E-state index contributed by atoms with van der Waals surface area (Å²) in [6, 6.07) is 5.40. The van der Waals surface area contributed by atoms with E-state index >= 15 is 0 Å². The third-order valence-corrected chi connectivity index (χ3v) is 7.96. The summed E-state index contributed by atoms with van der Waals surface area (Å²) < 4.78 is 27.5. The number of rotatable bonds is 5. The van der Waals surface area contributed by atoms with Crippen LogP contribution in [0.2, 0.25) is 0 Å². The van der Waals surface area contributed by atoms with Crippen LogP contribution in [0.25, 0.3) is 0 Å². The lowest BCUT2D eigenvalue weighted by molar-refractivity contribution is -0.130. The number of hydrogen-bond donors (Lipinski definition) is 1. The van der Waals surface area contributed by atoms with Gasteiger partial charge in [-0.25, -0.2) is 8.42 Å². The van der Waals surface area contributed by atoms with E-state index in [1.807, 2.05) is 39.8 Å².